The molecule has 1 fully saturated rings. The molecule has 4 unspecified atom stereocenters. The molecule has 0 saturated heterocycles. The Bertz CT molecular complexity index is 368. The fourth-order valence-electron chi connectivity index (χ4n) is 1.85. The molecule has 0 aromatic rings. The van der Waals surface area contributed by atoms with Gasteiger partial charge in [0.2, 0.25) is 0 Å². The molecule has 0 bridgehead atoms. The van der Waals surface area contributed by atoms with E-state index < -0.39 is 14.1 Å². The Kier molecular flexibility index (Phi) is 3.44. The van der Waals surface area contributed by atoms with E-state index in [0.29, 0.717) is 0 Å². The summed E-state index contributed by atoms with van der Waals surface area (Å²) in [5.74, 6) is 0. The van der Waals surface area contributed by atoms with Gasteiger partial charge < -0.3 is 0 Å². The maximum absolute atomic E-state index is 6.39. The summed E-state index contributed by atoms with van der Waals surface area (Å²) in [6.45, 7) is 0. The normalized spacial score (nSPS) is 52.8. The second-order valence-electron chi connectivity index (χ2n) is 3.43. The second kappa shape index (κ2) is 3.72. The third kappa shape index (κ3) is 1.25. The molecular weight excluding hydrogens is 457 g/mol. The van der Waals surface area contributed by atoms with Gasteiger partial charge in [0.15, 0.2) is 4.33 Å². The zero-order valence-corrected chi connectivity index (χ0v) is 14.4. The Balaban J connectivity index is 2.64. The van der Waals surface area contributed by atoms with Crippen LogP contribution in [-0.4, -0.2) is 23.7 Å². The third-order valence-electron chi connectivity index (χ3n) is 2.79. The molecule has 0 aromatic carbocycles. The van der Waals surface area contributed by atoms with Crippen LogP contribution in [0.2, 0.25) is 0 Å². The van der Waals surface area contributed by atoms with Crippen molar-refractivity contribution in [2.24, 2.45) is 0 Å². The predicted octanol–water partition coefficient (Wildman–Crippen LogP) is 5.36. The Labute approximate surface area is 134 Å². The SMILES string of the molecule is ClC1=C(Cl)C2(Cl)C(Br)C(Br)C2(Cl)C1(Cl)Cl. The summed E-state index contributed by atoms with van der Waals surface area (Å²) in [5.41, 5.74) is 0. The summed E-state index contributed by atoms with van der Waals surface area (Å²) in [6, 6.07) is 0. The highest BCUT2D eigenvalue weighted by atomic mass is 79.9. The number of halogens is 8. The fraction of sp³-hybridized carbons (Fsp3) is 0.714. The van der Waals surface area contributed by atoms with Crippen molar-refractivity contribution < 1.29 is 0 Å². The monoisotopic (exact) mass is 454 g/mol. The lowest BCUT2D eigenvalue weighted by molar-refractivity contribution is 0.337. The third-order valence-corrected chi connectivity index (χ3v) is 10.6. The van der Waals surface area contributed by atoms with Gasteiger partial charge in [-0.1, -0.05) is 78.3 Å². The van der Waals surface area contributed by atoms with E-state index in [4.69, 9.17) is 69.6 Å². The van der Waals surface area contributed by atoms with Crippen molar-refractivity contribution in [3.63, 3.8) is 0 Å². The number of rotatable bonds is 0. The van der Waals surface area contributed by atoms with Gasteiger partial charge in [0.1, 0.15) is 9.75 Å². The summed E-state index contributed by atoms with van der Waals surface area (Å²) in [7, 11) is 0. The van der Waals surface area contributed by atoms with Crippen LogP contribution in [0, 0.1) is 0 Å². The second-order valence-corrected chi connectivity index (χ2v) is 8.68. The lowest BCUT2D eigenvalue weighted by atomic mass is 9.73. The predicted molar refractivity (Wildman–Crippen MR) is 75.8 cm³/mol. The van der Waals surface area contributed by atoms with E-state index in [0.717, 1.165) is 0 Å². The first kappa shape index (κ1) is 13.9. The molecule has 1 saturated carbocycles. The zero-order valence-electron chi connectivity index (χ0n) is 6.68. The molecule has 0 radical (unpaired) electrons. The van der Waals surface area contributed by atoms with Crippen LogP contribution in [0.5, 0.6) is 0 Å². The molecule has 0 aromatic heterocycles. The Hall–Kier alpha value is 2.44. The first-order valence-corrected chi connectivity index (χ1v) is 7.83. The van der Waals surface area contributed by atoms with Crippen molar-refractivity contribution in [2.75, 3.05) is 0 Å². The fourth-order valence-corrected chi connectivity index (χ4v) is 7.58. The molecule has 2 aliphatic carbocycles. The average molecular weight is 459 g/mol. The van der Waals surface area contributed by atoms with Crippen LogP contribution in [0.1, 0.15) is 0 Å². The van der Waals surface area contributed by atoms with Crippen LogP contribution >= 0.6 is 101 Å². The Morgan fingerprint density at radius 1 is 0.867 bits per heavy atom. The number of hydrogen-bond donors (Lipinski definition) is 0. The van der Waals surface area contributed by atoms with Gasteiger partial charge in [0.05, 0.1) is 19.7 Å². The standard InChI is InChI=1S/C7H2Br2Cl6/c8-1-2(9)6(13)5(1,12)3(10)4(11)7(6,14)15/h1-2H. The molecule has 0 nitrogen and oxygen atoms in total. The quantitative estimate of drug-likeness (QED) is 0.429. The van der Waals surface area contributed by atoms with Gasteiger partial charge in [0.25, 0.3) is 0 Å². The molecule has 2 aliphatic rings. The maximum atomic E-state index is 6.39. The highest BCUT2D eigenvalue weighted by Crippen LogP contribution is 2.75. The van der Waals surface area contributed by atoms with Crippen LogP contribution in [0.15, 0.2) is 10.1 Å². The van der Waals surface area contributed by atoms with E-state index in [1.807, 2.05) is 0 Å². The first-order chi connectivity index (χ1) is 6.63. The van der Waals surface area contributed by atoms with Crippen molar-refractivity contribution in [3.8, 4) is 0 Å². The van der Waals surface area contributed by atoms with Crippen LogP contribution < -0.4 is 0 Å². The smallest absolute Gasteiger partial charge is 0.112 e. The highest BCUT2D eigenvalue weighted by molar-refractivity contribution is 9.12. The summed E-state index contributed by atoms with van der Waals surface area (Å²) >= 11 is 43.8. The molecule has 0 amide bonds. The van der Waals surface area contributed by atoms with Gasteiger partial charge in [0, 0.05) is 0 Å². The highest BCUT2D eigenvalue weighted by Gasteiger charge is 2.83. The molecule has 4 atom stereocenters. The van der Waals surface area contributed by atoms with E-state index in [9.17, 15) is 0 Å². The molecule has 15 heavy (non-hydrogen) atoms. The van der Waals surface area contributed by atoms with Crippen LogP contribution in [-0.2, 0) is 0 Å². The number of hydrogen-bond acceptors (Lipinski definition) is 0. The largest absolute Gasteiger partial charge is 0.176 e. The minimum absolute atomic E-state index is 0.0869. The minimum Gasteiger partial charge on any atom is -0.112 e. The van der Waals surface area contributed by atoms with Gasteiger partial charge in [-0.25, -0.2) is 0 Å². The Morgan fingerprint density at radius 3 is 1.73 bits per heavy atom. The van der Waals surface area contributed by atoms with E-state index in [2.05, 4.69) is 31.9 Å². The minimum atomic E-state index is -1.49. The van der Waals surface area contributed by atoms with Gasteiger partial charge in [-0.05, 0) is 0 Å². The number of fused-ring (bicyclic) bond motifs is 1. The molecule has 0 heterocycles. The molecule has 2 rings (SSSR count). The average Bonchev–Trinajstić information content (AvgIpc) is 2.29. The van der Waals surface area contributed by atoms with Crippen molar-refractivity contribution >= 4 is 101 Å². The van der Waals surface area contributed by atoms with Gasteiger partial charge >= 0.3 is 0 Å². The summed E-state index contributed by atoms with van der Waals surface area (Å²) in [4.78, 5) is -2.66. The van der Waals surface area contributed by atoms with Gasteiger partial charge in [-0.2, -0.15) is 0 Å². The first-order valence-electron chi connectivity index (χ1n) is 3.73. The molecule has 0 spiro atoms. The summed E-state index contributed by atoms with van der Waals surface area (Å²) in [5, 5.41) is 0.285. The van der Waals surface area contributed by atoms with Crippen molar-refractivity contribution in [1.82, 2.24) is 0 Å². The van der Waals surface area contributed by atoms with E-state index >= 15 is 0 Å². The van der Waals surface area contributed by atoms with E-state index in [-0.39, 0.29) is 19.7 Å². The van der Waals surface area contributed by atoms with Crippen LogP contribution in [0.3, 0.4) is 0 Å². The molecule has 86 valence electrons. The lowest BCUT2D eigenvalue weighted by Gasteiger charge is -2.58. The summed E-state index contributed by atoms with van der Waals surface area (Å²) < 4.78 is -1.49. The Morgan fingerprint density at radius 2 is 1.33 bits per heavy atom. The number of alkyl halides is 6. The number of allylic oxidation sites excluding steroid dienone is 2. The molecule has 8 heteroatoms. The molecular formula is C7H2Br2Cl6. The van der Waals surface area contributed by atoms with E-state index in [1.54, 1.807) is 0 Å². The summed E-state index contributed by atoms with van der Waals surface area (Å²) in [6.07, 6.45) is 0. The van der Waals surface area contributed by atoms with Gasteiger partial charge in [-0.3, -0.25) is 0 Å². The van der Waals surface area contributed by atoms with Gasteiger partial charge in [-0.15, -0.1) is 23.2 Å². The molecule has 0 aliphatic heterocycles. The van der Waals surface area contributed by atoms with Crippen LogP contribution in [0.4, 0.5) is 0 Å². The van der Waals surface area contributed by atoms with Crippen molar-refractivity contribution in [1.29, 1.82) is 0 Å². The molecule has 0 N–H and O–H groups in total. The zero-order chi connectivity index (χ0) is 11.8. The van der Waals surface area contributed by atoms with Crippen molar-refractivity contribution in [2.45, 2.75) is 23.7 Å². The maximum Gasteiger partial charge on any atom is 0.176 e. The topological polar surface area (TPSA) is 0 Å². The lowest BCUT2D eigenvalue weighted by Crippen LogP contribution is -2.75. The van der Waals surface area contributed by atoms with Crippen LogP contribution in [0.25, 0.3) is 0 Å². The van der Waals surface area contributed by atoms with E-state index in [1.165, 1.54) is 0 Å². The van der Waals surface area contributed by atoms with Crippen molar-refractivity contribution in [3.05, 3.63) is 10.1 Å².